The lowest BCUT2D eigenvalue weighted by molar-refractivity contribution is -0.144. The van der Waals surface area contributed by atoms with E-state index >= 15 is 0 Å². The maximum atomic E-state index is 14.2. The van der Waals surface area contributed by atoms with Gasteiger partial charge in [-0.25, -0.2) is 0 Å². The Morgan fingerprint density at radius 3 is 2.14 bits per heavy atom. The van der Waals surface area contributed by atoms with Crippen molar-refractivity contribution in [2.24, 2.45) is 17.6 Å². The third-order valence-electron chi connectivity index (χ3n) is 9.91. The van der Waals surface area contributed by atoms with E-state index in [9.17, 15) is 33.5 Å². The molecule has 14 heteroatoms. The van der Waals surface area contributed by atoms with Crippen molar-refractivity contribution in [3.05, 3.63) is 0 Å². The third-order valence-corrected chi connectivity index (χ3v) is 9.91. The van der Waals surface area contributed by atoms with Gasteiger partial charge < -0.3 is 37.0 Å². The number of nitrogens with one attached hydrogen (secondary N) is 4. The zero-order valence-electron chi connectivity index (χ0n) is 30.6. The number of nitrogens with two attached hydrogens (primary N) is 1. The molecule has 0 spiro atoms. The molecule has 282 valence electrons. The number of amides is 5. The fraction of sp³-hybridized carbons (Fsp3) is 0.857. The van der Waals surface area contributed by atoms with Crippen LogP contribution in [0.4, 0.5) is 4.39 Å². The molecule has 2 fully saturated rings. The van der Waals surface area contributed by atoms with Gasteiger partial charge in [-0.1, -0.05) is 59.3 Å². The quantitative estimate of drug-likeness (QED) is 0.165. The van der Waals surface area contributed by atoms with Crippen molar-refractivity contribution in [1.82, 2.24) is 31.1 Å². The number of nitrogens with zero attached hydrogens (tertiary/aromatic N) is 2. The van der Waals surface area contributed by atoms with E-state index in [0.29, 0.717) is 25.8 Å². The van der Waals surface area contributed by atoms with Crippen LogP contribution in [-0.4, -0.2) is 120 Å². The molecule has 5 amide bonds. The van der Waals surface area contributed by atoms with E-state index < -0.39 is 72.7 Å². The number of hydrogen-bond donors (Lipinski definition) is 6. The maximum absolute atomic E-state index is 14.2. The molecule has 1 saturated heterocycles. The molecule has 0 radical (unpaired) electrons. The van der Waals surface area contributed by atoms with Gasteiger partial charge >= 0.3 is 0 Å². The van der Waals surface area contributed by atoms with Crippen LogP contribution < -0.4 is 27.0 Å². The van der Waals surface area contributed by atoms with Crippen LogP contribution in [0, 0.1) is 11.8 Å². The molecular weight excluding hydrogens is 633 g/mol. The van der Waals surface area contributed by atoms with Crippen molar-refractivity contribution < 1.29 is 33.5 Å². The average molecular weight is 698 g/mol. The number of unbranched alkanes of at least 4 members (excludes halogenated alkanes) is 3. The molecule has 0 aromatic heterocycles. The van der Waals surface area contributed by atoms with Gasteiger partial charge in [-0.2, -0.15) is 0 Å². The van der Waals surface area contributed by atoms with Crippen molar-refractivity contribution >= 4 is 29.5 Å². The van der Waals surface area contributed by atoms with Gasteiger partial charge in [0.05, 0.1) is 18.8 Å². The lowest BCUT2D eigenvalue weighted by Crippen LogP contribution is -2.64. The molecule has 1 saturated carbocycles. The summed E-state index contributed by atoms with van der Waals surface area (Å²) >= 11 is 0. The van der Waals surface area contributed by atoms with E-state index in [4.69, 9.17) is 5.73 Å². The number of carbonyl (C=O) groups is 5. The fourth-order valence-electron chi connectivity index (χ4n) is 6.86. The number of alkyl halides is 1. The molecule has 49 heavy (non-hydrogen) atoms. The Morgan fingerprint density at radius 2 is 1.57 bits per heavy atom. The molecule has 13 nitrogen and oxygen atoms in total. The molecule has 2 rings (SSSR count). The zero-order valence-corrected chi connectivity index (χ0v) is 30.6. The Hall–Kier alpha value is -2.84. The fourth-order valence-corrected chi connectivity index (χ4v) is 6.86. The van der Waals surface area contributed by atoms with E-state index in [1.165, 1.54) is 11.8 Å². The molecule has 0 aromatic carbocycles. The van der Waals surface area contributed by atoms with Gasteiger partial charge in [0.15, 0.2) is 0 Å². The first kappa shape index (κ1) is 42.3. The molecule has 0 aromatic rings. The highest BCUT2D eigenvalue weighted by atomic mass is 19.1. The second-order valence-electron chi connectivity index (χ2n) is 14.4. The highest BCUT2D eigenvalue weighted by Crippen LogP contribution is 2.27. The molecule has 1 heterocycles. The summed E-state index contributed by atoms with van der Waals surface area (Å²) < 4.78 is 13.9. The number of hydrogen-bond acceptors (Lipinski definition) is 8. The third kappa shape index (κ3) is 13.1. The maximum Gasteiger partial charge on any atom is 0.245 e. The standard InChI is InChI=1S/C35H64FN7O6/c1-7-8-9-13-18-43-21-26(16-17-36)38-33(47)29(24(5)44)40-31(45)27(20-37)39-34(48)30(25-14-11-10-12-15-25)41-32(46)28(19-22(2)3)42(6)35(49)23(43)4/h22-30,44H,7-21,37H2,1-6H3,(H,38,47)(H,39,48)(H,40,45)(H,41,46)/t23-,24-,26+,27-,28-,29-,30-/m0/s1. The predicted molar refractivity (Wildman–Crippen MR) is 187 cm³/mol. The predicted octanol–water partition coefficient (Wildman–Crippen LogP) is 1.36. The molecular formula is C35H64FN7O6. The smallest absolute Gasteiger partial charge is 0.245 e. The second-order valence-corrected chi connectivity index (χ2v) is 14.4. The normalized spacial score (nSPS) is 28.7. The Bertz CT molecular complexity index is 1070. The minimum atomic E-state index is -1.42. The number of carbonyl (C=O) groups excluding carboxylic acids is 5. The molecule has 0 bridgehead atoms. The molecule has 7 N–H and O–H groups in total. The Kier molecular flexibility index (Phi) is 18.5. The monoisotopic (exact) mass is 697 g/mol. The van der Waals surface area contributed by atoms with Crippen molar-refractivity contribution in [3.8, 4) is 0 Å². The Balaban J connectivity index is 2.62. The number of aliphatic hydroxyl groups excluding tert-OH is 1. The molecule has 0 unspecified atom stereocenters. The first-order valence-corrected chi connectivity index (χ1v) is 18.4. The van der Waals surface area contributed by atoms with E-state index in [-0.39, 0.29) is 37.3 Å². The van der Waals surface area contributed by atoms with E-state index in [0.717, 1.165) is 44.9 Å². The highest BCUT2D eigenvalue weighted by molar-refractivity contribution is 5.96. The van der Waals surface area contributed by atoms with Crippen LogP contribution in [-0.2, 0) is 24.0 Å². The van der Waals surface area contributed by atoms with Gasteiger partial charge in [-0.05, 0) is 64.3 Å². The van der Waals surface area contributed by atoms with Crippen molar-refractivity contribution in [1.29, 1.82) is 0 Å². The molecule has 2 aliphatic rings. The summed E-state index contributed by atoms with van der Waals surface area (Å²) in [7, 11) is 1.59. The van der Waals surface area contributed by atoms with Gasteiger partial charge in [0.25, 0.3) is 0 Å². The van der Waals surface area contributed by atoms with Crippen LogP contribution >= 0.6 is 0 Å². The summed E-state index contributed by atoms with van der Waals surface area (Å²) in [4.78, 5) is 72.4. The lowest BCUT2D eigenvalue weighted by atomic mass is 9.83. The molecule has 1 aliphatic carbocycles. The molecule has 1 aliphatic heterocycles. The SMILES string of the molecule is CCCCCCN1C[C@@H](CCF)NC(=O)[C@H]([C@H](C)O)NC(=O)[C@H](CN)NC(=O)[C@H](C2CCCCC2)NC(=O)[C@H](CC(C)C)N(C)C(=O)[C@@H]1C. The summed E-state index contributed by atoms with van der Waals surface area (Å²) in [6.07, 6.45) is 6.88. The number of aliphatic hydroxyl groups is 1. The first-order chi connectivity index (χ1) is 23.2. The largest absolute Gasteiger partial charge is 0.391 e. The summed E-state index contributed by atoms with van der Waals surface area (Å²) in [5, 5.41) is 21.5. The molecule has 7 atom stereocenters. The number of halogens is 1. The lowest BCUT2D eigenvalue weighted by Gasteiger charge is -2.38. The van der Waals surface area contributed by atoms with Crippen LogP contribution in [0.3, 0.4) is 0 Å². The van der Waals surface area contributed by atoms with Crippen LogP contribution in [0.15, 0.2) is 0 Å². The average Bonchev–Trinajstić information content (AvgIpc) is 3.07. The topological polar surface area (TPSA) is 186 Å². The summed E-state index contributed by atoms with van der Waals surface area (Å²) in [6.45, 7) is 8.69. The Morgan fingerprint density at radius 1 is 0.898 bits per heavy atom. The van der Waals surface area contributed by atoms with Crippen LogP contribution in [0.2, 0.25) is 0 Å². The van der Waals surface area contributed by atoms with Gasteiger partial charge in [0, 0.05) is 26.2 Å². The van der Waals surface area contributed by atoms with Crippen molar-refractivity contribution in [2.75, 3.05) is 33.4 Å². The first-order valence-electron chi connectivity index (χ1n) is 18.4. The number of likely N-dealkylation sites (N-methyl/N-ethyl adjacent to an activating group) is 1. The second kappa shape index (κ2) is 21.4. The van der Waals surface area contributed by atoms with Gasteiger partial charge in [-0.3, -0.25) is 33.3 Å². The van der Waals surface area contributed by atoms with Gasteiger partial charge in [-0.15, -0.1) is 0 Å². The summed E-state index contributed by atoms with van der Waals surface area (Å²) in [6, 6.07) is -6.01. The van der Waals surface area contributed by atoms with E-state index in [1.807, 2.05) is 18.7 Å². The van der Waals surface area contributed by atoms with E-state index in [2.05, 4.69) is 28.2 Å². The minimum Gasteiger partial charge on any atom is -0.391 e. The highest BCUT2D eigenvalue weighted by Gasteiger charge is 2.39. The van der Waals surface area contributed by atoms with Crippen LogP contribution in [0.25, 0.3) is 0 Å². The van der Waals surface area contributed by atoms with Crippen LogP contribution in [0.1, 0.15) is 105 Å². The van der Waals surface area contributed by atoms with E-state index in [1.54, 1.807) is 14.0 Å². The van der Waals surface area contributed by atoms with Crippen LogP contribution in [0.5, 0.6) is 0 Å². The van der Waals surface area contributed by atoms with Gasteiger partial charge in [0.1, 0.15) is 24.2 Å². The number of rotatable bonds is 12. The summed E-state index contributed by atoms with van der Waals surface area (Å²) in [5.74, 6) is -2.99. The minimum absolute atomic E-state index is 0.0441. The van der Waals surface area contributed by atoms with Crippen molar-refractivity contribution in [3.63, 3.8) is 0 Å². The van der Waals surface area contributed by atoms with Gasteiger partial charge in [0.2, 0.25) is 29.5 Å². The van der Waals surface area contributed by atoms with Crippen molar-refractivity contribution in [2.45, 2.75) is 148 Å². The zero-order chi connectivity index (χ0) is 36.7. The summed E-state index contributed by atoms with van der Waals surface area (Å²) in [5.41, 5.74) is 5.93. The Labute approximate surface area is 292 Å².